The first kappa shape index (κ1) is 18.9. The fraction of sp³-hybridized carbons (Fsp3) is 0.115. The van der Waals surface area contributed by atoms with Gasteiger partial charge >= 0.3 is 0 Å². The molecule has 4 aromatic rings. The maximum absolute atomic E-state index is 6.32. The summed E-state index contributed by atoms with van der Waals surface area (Å²) in [5.41, 5.74) is 5.60. The van der Waals surface area contributed by atoms with Gasteiger partial charge in [-0.2, -0.15) is 5.10 Å². The molecule has 0 bridgehead atoms. The number of para-hydroxylation sites is 1. The van der Waals surface area contributed by atoms with Gasteiger partial charge in [-0.15, -0.1) is 0 Å². The molecular weight excluding hydrogens is 436 g/mol. The third kappa shape index (κ3) is 3.71. The lowest BCUT2D eigenvalue weighted by Gasteiger charge is -2.21. The summed E-state index contributed by atoms with van der Waals surface area (Å²) in [6.07, 6.45) is 0.797. The SMILES string of the molecule is Cc1ccc(C2=NN(c3ccccc3)C(c3ccc(-c4ccc(Br)cc4)o3)C2)cc1. The topological polar surface area (TPSA) is 28.7 Å². The van der Waals surface area contributed by atoms with E-state index in [1.165, 1.54) is 5.56 Å². The van der Waals surface area contributed by atoms with Gasteiger partial charge in [0.05, 0.1) is 11.4 Å². The van der Waals surface area contributed by atoms with E-state index in [2.05, 4.69) is 82.5 Å². The Morgan fingerprint density at radius 1 is 0.833 bits per heavy atom. The molecule has 0 N–H and O–H groups in total. The van der Waals surface area contributed by atoms with Gasteiger partial charge < -0.3 is 4.42 Å². The highest BCUT2D eigenvalue weighted by Gasteiger charge is 2.32. The molecule has 5 rings (SSSR count). The summed E-state index contributed by atoms with van der Waals surface area (Å²) in [6.45, 7) is 2.10. The smallest absolute Gasteiger partial charge is 0.134 e. The zero-order valence-corrected chi connectivity index (χ0v) is 18.2. The monoisotopic (exact) mass is 456 g/mol. The second kappa shape index (κ2) is 7.96. The summed E-state index contributed by atoms with van der Waals surface area (Å²) in [7, 11) is 0. The second-order valence-corrected chi connectivity index (χ2v) is 8.44. The van der Waals surface area contributed by atoms with Crippen molar-refractivity contribution in [1.82, 2.24) is 0 Å². The zero-order chi connectivity index (χ0) is 20.5. The number of halogens is 1. The van der Waals surface area contributed by atoms with Crippen molar-refractivity contribution in [1.29, 1.82) is 0 Å². The molecule has 0 aliphatic carbocycles. The summed E-state index contributed by atoms with van der Waals surface area (Å²) < 4.78 is 7.37. The van der Waals surface area contributed by atoms with E-state index in [1.54, 1.807) is 0 Å². The molecule has 1 atom stereocenters. The fourth-order valence-electron chi connectivity index (χ4n) is 3.77. The van der Waals surface area contributed by atoms with Crippen LogP contribution in [0.25, 0.3) is 11.3 Å². The summed E-state index contributed by atoms with van der Waals surface area (Å²) in [5, 5.41) is 7.08. The summed E-state index contributed by atoms with van der Waals surface area (Å²) in [5.74, 6) is 1.79. The molecule has 2 heterocycles. The van der Waals surface area contributed by atoms with Gasteiger partial charge in [0, 0.05) is 16.5 Å². The molecule has 30 heavy (non-hydrogen) atoms. The minimum atomic E-state index is 0.0212. The lowest BCUT2D eigenvalue weighted by atomic mass is 10.0. The van der Waals surface area contributed by atoms with Gasteiger partial charge in [0.1, 0.15) is 17.6 Å². The van der Waals surface area contributed by atoms with Gasteiger partial charge in [0.15, 0.2) is 0 Å². The first-order chi connectivity index (χ1) is 14.7. The van der Waals surface area contributed by atoms with Crippen molar-refractivity contribution in [2.75, 3.05) is 5.01 Å². The minimum Gasteiger partial charge on any atom is -0.459 e. The molecule has 1 aliphatic rings. The molecule has 0 amide bonds. The van der Waals surface area contributed by atoms with E-state index in [0.29, 0.717) is 0 Å². The molecule has 0 spiro atoms. The number of hydrogen-bond donors (Lipinski definition) is 0. The predicted molar refractivity (Wildman–Crippen MR) is 126 cm³/mol. The first-order valence-corrected chi connectivity index (χ1v) is 10.8. The number of furan rings is 1. The van der Waals surface area contributed by atoms with Crippen LogP contribution in [-0.2, 0) is 0 Å². The Bertz CT molecular complexity index is 1180. The maximum atomic E-state index is 6.32. The van der Waals surface area contributed by atoms with Crippen LogP contribution in [0.5, 0.6) is 0 Å². The molecule has 1 aromatic heterocycles. The summed E-state index contributed by atoms with van der Waals surface area (Å²) >= 11 is 3.49. The molecule has 0 saturated carbocycles. The van der Waals surface area contributed by atoms with Crippen LogP contribution in [0.1, 0.15) is 29.3 Å². The van der Waals surface area contributed by atoms with Crippen LogP contribution >= 0.6 is 15.9 Å². The number of nitrogens with zero attached hydrogens (tertiary/aromatic N) is 2. The Morgan fingerprint density at radius 2 is 1.53 bits per heavy atom. The Hall–Kier alpha value is -3.11. The molecule has 0 radical (unpaired) electrons. The van der Waals surface area contributed by atoms with Gasteiger partial charge in [-0.05, 0) is 48.9 Å². The average Bonchev–Trinajstić information content (AvgIpc) is 3.43. The van der Waals surface area contributed by atoms with Crippen LogP contribution in [0.2, 0.25) is 0 Å². The van der Waals surface area contributed by atoms with Gasteiger partial charge in [-0.3, -0.25) is 5.01 Å². The number of hydrazone groups is 1. The highest BCUT2D eigenvalue weighted by molar-refractivity contribution is 9.10. The summed E-state index contributed by atoms with van der Waals surface area (Å²) in [6, 6.07) is 31.2. The lowest BCUT2D eigenvalue weighted by Crippen LogP contribution is -2.17. The third-order valence-corrected chi connectivity index (χ3v) is 5.93. The van der Waals surface area contributed by atoms with Crippen LogP contribution in [0.3, 0.4) is 0 Å². The normalized spacial score (nSPS) is 16.0. The molecule has 3 aromatic carbocycles. The van der Waals surface area contributed by atoms with E-state index in [9.17, 15) is 0 Å². The highest BCUT2D eigenvalue weighted by atomic mass is 79.9. The quantitative estimate of drug-likeness (QED) is 0.320. The highest BCUT2D eigenvalue weighted by Crippen LogP contribution is 2.38. The predicted octanol–water partition coefficient (Wildman–Crippen LogP) is 7.37. The maximum Gasteiger partial charge on any atom is 0.134 e. The van der Waals surface area contributed by atoms with E-state index in [-0.39, 0.29) is 6.04 Å². The Kier molecular flexibility index (Phi) is 5.01. The Labute approximate surface area is 184 Å². The largest absolute Gasteiger partial charge is 0.459 e. The van der Waals surface area contributed by atoms with Crippen molar-refractivity contribution >= 4 is 27.3 Å². The third-order valence-electron chi connectivity index (χ3n) is 5.40. The van der Waals surface area contributed by atoms with Crippen molar-refractivity contribution in [3.8, 4) is 11.3 Å². The van der Waals surface area contributed by atoms with E-state index in [4.69, 9.17) is 9.52 Å². The van der Waals surface area contributed by atoms with Crippen molar-refractivity contribution in [3.63, 3.8) is 0 Å². The molecule has 3 nitrogen and oxygen atoms in total. The molecule has 4 heteroatoms. The zero-order valence-electron chi connectivity index (χ0n) is 16.6. The summed E-state index contributed by atoms with van der Waals surface area (Å²) in [4.78, 5) is 0. The average molecular weight is 457 g/mol. The molecule has 1 unspecified atom stereocenters. The number of rotatable bonds is 4. The molecule has 0 fully saturated rings. The van der Waals surface area contributed by atoms with Gasteiger partial charge in [0.2, 0.25) is 0 Å². The van der Waals surface area contributed by atoms with Gasteiger partial charge in [-0.25, -0.2) is 0 Å². The molecule has 1 aliphatic heterocycles. The van der Waals surface area contributed by atoms with Crippen LogP contribution in [-0.4, -0.2) is 5.71 Å². The van der Waals surface area contributed by atoms with E-state index < -0.39 is 0 Å². The number of aryl methyl sites for hydroxylation is 1. The Balaban J connectivity index is 1.50. The number of anilines is 1. The van der Waals surface area contributed by atoms with E-state index in [0.717, 1.165) is 44.9 Å². The molecular formula is C26H21BrN2O. The van der Waals surface area contributed by atoms with Crippen molar-refractivity contribution < 1.29 is 4.42 Å². The second-order valence-electron chi connectivity index (χ2n) is 7.52. The van der Waals surface area contributed by atoms with Crippen LogP contribution in [0.4, 0.5) is 5.69 Å². The van der Waals surface area contributed by atoms with Crippen molar-refractivity contribution in [2.24, 2.45) is 5.10 Å². The first-order valence-electron chi connectivity index (χ1n) is 10.0. The van der Waals surface area contributed by atoms with E-state index >= 15 is 0 Å². The van der Waals surface area contributed by atoms with Crippen molar-refractivity contribution in [2.45, 2.75) is 19.4 Å². The van der Waals surface area contributed by atoms with E-state index in [1.807, 2.05) is 36.4 Å². The van der Waals surface area contributed by atoms with Crippen molar-refractivity contribution in [3.05, 3.63) is 112 Å². The molecule has 0 saturated heterocycles. The Morgan fingerprint density at radius 3 is 2.27 bits per heavy atom. The fourth-order valence-corrected chi connectivity index (χ4v) is 4.04. The standard InChI is InChI=1S/C26H21BrN2O/c1-18-7-9-19(10-8-18)23-17-24(29(28-23)22-5-3-2-4-6-22)26-16-15-25(30-26)20-11-13-21(27)14-12-20/h2-16,24H,17H2,1H3. The van der Waals surface area contributed by atoms with Crippen LogP contribution < -0.4 is 5.01 Å². The molecule has 148 valence electrons. The van der Waals surface area contributed by atoms with Crippen LogP contribution in [0, 0.1) is 6.92 Å². The van der Waals surface area contributed by atoms with Crippen LogP contribution in [0.15, 0.2) is 105 Å². The van der Waals surface area contributed by atoms with Gasteiger partial charge in [0.25, 0.3) is 0 Å². The van der Waals surface area contributed by atoms with Gasteiger partial charge in [-0.1, -0.05) is 76.1 Å². The lowest BCUT2D eigenvalue weighted by molar-refractivity contribution is 0.475. The number of benzene rings is 3. The minimum absolute atomic E-state index is 0.0212. The number of hydrogen-bond acceptors (Lipinski definition) is 3.